The van der Waals surface area contributed by atoms with Gasteiger partial charge in [-0.2, -0.15) is 0 Å². The Morgan fingerprint density at radius 1 is 1.28 bits per heavy atom. The summed E-state index contributed by atoms with van der Waals surface area (Å²) < 4.78 is 7.23. The summed E-state index contributed by atoms with van der Waals surface area (Å²) in [5, 5.41) is 9.43. The highest BCUT2D eigenvalue weighted by Crippen LogP contribution is 2.23. The summed E-state index contributed by atoms with van der Waals surface area (Å²) in [6, 6.07) is 3.88. The predicted octanol–water partition coefficient (Wildman–Crippen LogP) is 2.10. The van der Waals surface area contributed by atoms with E-state index in [-0.39, 0.29) is 0 Å². The molecule has 0 spiro atoms. The van der Waals surface area contributed by atoms with Crippen LogP contribution < -0.4 is 0 Å². The lowest BCUT2D eigenvalue weighted by molar-refractivity contribution is 0.185. The van der Waals surface area contributed by atoms with E-state index in [1.165, 1.54) is 0 Å². The summed E-state index contributed by atoms with van der Waals surface area (Å²) in [7, 11) is 1.70. The molecular weight excluding hydrogens is 248 g/mol. The number of methoxy groups -OCH3 is 1. The Labute approximate surface area is 111 Å². The van der Waals surface area contributed by atoms with E-state index in [4.69, 9.17) is 4.74 Å². The maximum absolute atomic E-state index is 5.14. The average Bonchev–Trinajstić information content (AvgIpc) is 2.81. The number of pyridine rings is 1. The Balaban J connectivity index is 2.34. The van der Waals surface area contributed by atoms with E-state index < -0.39 is 0 Å². The minimum absolute atomic E-state index is 0.646. The van der Waals surface area contributed by atoms with Crippen LogP contribution in [-0.2, 0) is 11.3 Å². The van der Waals surface area contributed by atoms with Crippen molar-refractivity contribution in [2.24, 2.45) is 0 Å². The molecule has 18 heavy (non-hydrogen) atoms. The number of rotatable bonds is 6. The Kier molecular flexibility index (Phi) is 4.72. The molecule has 6 heteroatoms. The number of ether oxygens (including phenoxy) is 1. The maximum atomic E-state index is 5.14. The molecule has 0 bridgehead atoms. The second-order valence-corrected chi connectivity index (χ2v) is 4.85. The van der Waals surface area contributed by atoms with Crippen LogP contribution in [0.2, 0.25) is 0 Å². The molecule has 0 aromatic carbocycles. The fraction of sp³-hybridized carbons (Fsp3) is 0.417. The molecule has 2 rings (SSSR count). The molecule has 0 fully saturated rings. The Hall–Kier alpha value is -1.40. The second kappa shape index (κ2) is 6.51. The Morgan fingerprint density at radius 2 is 2.06 bits per heavy atom. The van der Waals surface area contributed by atoms with E-state index in [0.29, 0.717) is 6.61 Å². The first-order valence-corrected chi connectivity index (χ1v) is 6.80. The molecule has 0 aliphatic rings. The molecule has 96 valence electrons. The Bertz CT molecular complexity index is 486. The number of hydrogen-bond donors (Lipinski definition) is 0. The van der Waals surface area contributed by atoms with Gasteiger partial charge in [-0.1, -0.05) is 18.7 Å². The lowest BCUT2D eigenvalue weighted by Crippen LogP contribution is -2.07. The molecule has 2 aromatic heterocycles. The third kappa shape index (κ3) is 2.88. The van der Waals surface area contributed by atoms with Crippen LogP contribution in [0.1, 0.15) is 6.92 Å². The van der Waals surface area contributed by atoms with Crippen molar-refractivity contribution >= 4 is 11.8 Å². The van der Waals surface area contributed by atoms with Gasteiger partial charge in [0.15, 0.2) is 11.0 Å². The van der Waals surface area contributed by atoms with Crippen LogP contribution in [0.5, 0.6) is 0 Å². The molecule has 5 nitrogen and oxygen atoms in total. The van der Waals surface area contributed by atoms with Gasteiger partial charge >= 0.3 is 0 Å². The quantitative estimate of drug-likeness (QED) is 0.748. The van der Waals surface area contributed by atoms with Crippen molar-refractivity contribution in [3.05, 3.63) is 24.5 Å². The van der Waals surface area contributed by atoms with Crippen molar-refractivity contribution in [2.45, 2.75) is 18.6 Å². The summed E-state index contributed by atoms with van der Waals surface area (Å²) in [5.74, 6) is 1.84. The van der Waals surface area contributed by atoms with E-state index in [9.17, 15) is 0 Å². The third-order valence-corrected chi connectivity index (χ3v) is 3.30. The first kappa shape index (κ1) is 13.0. The van der Waals surface area contributed by atoms with Crippen molar-refractivity contribution in [3.8, 4) is 11.4 Å². The van der Waals surface area contributed by atoms with Crippen LogP contribution in [0.15, 0.2) is 29.7 Å². The molecule has 2 heterocycles. The number of nitrogens with zero attached hydrogens (tertiary/aromatic N) is 4. The van der Waals surface area contributed by atoms with Gasteiger partial charge in [0.1, 0.15) is 0 Å². The van der Waals surface area contributed by atoms with Crippen LogP contribution in [0.25, 0.3) is 11.4 Å². The SMILES string of the molecule is CCSc1nnc(-c2ccncc2)n1CCOC. The number of thioether (sulfide) groups is 1. The zero-order valence-corrected chi connectivity index (χ0v) is 11.4. The van der Waals surface area contributed by atoms with Crippen molar-refractivity contribution in [2.75, 3.05) is 19.5 Å². The van der Waals surface area contributed by atoms with E-state index in [1.54, 1.807) is 31.3 Å². The van der Waals surface area contributed by atoms with Crippen molar-refractivity contribution in [1.29, 1.82) is 0 Å². The van der Waals surface area contributed by atoms with E-state index in [0.717, 1.165) is 28.8 Å². The molecule has 0 radical (unpaired) electrons. The van der Waals surface area contributed by atoms with Gasteiger partial charge in [0.25, 0.3) is 0 Å². The van der Waals surface area contributed by atoms with E-state index >= 15 is 0 Å². The molecule has 0 saturated carbocycles. The third-order valence-electron chi connectivity index (χ3n) is 2.45. The number of aromatic nitrogens is 4. The fourth-order valence-corrected chi connectivity index (χ4v) is 2.31. The molecule has 2 aromatic rings. The van der Waals surface area contributed by atoms with Crippen molar-refractivity contribution in [1.82, 2.24) is 19.7 Å². The van der Waals surface area contributed by atoms with Gasteiger partial charge < -0.3 is 4.74 Å². The van der Waals surface area contributed by atoms with Crippen LogP contribution in [-0.4, -0.2) is 39.2 Å². The molecule has 0 amide bonds. The van der Waals surface area contributed by atoms with Gasteiger partial charge in [-0.25, -0.2) is 0 Å². The highest BCUT2D eigenvalue weighted by Gasteiger charge is 2.13. The van der Waals surface area contributed by atoms with E-state index in [2.05, 4.69) is 26.7 Å². The fourth-order valence-electron chi connectivity index (χ4n) is 1.62. The molecular formula is C12H16N4OS. The predicted molar refractivity (Wildman–Crippen MR) is 71.5 cm³/mol. The molecule has 0 saturated heterocycles. The van der Waals surface area contributed by atoms with Crippen molar-refractivity contribution in [3.63, 3.8) is 0 Å². The summed E-state index contributed by atoms with van der Waals surface area (Å²) in [6.07, 6.45) is 3.52. The zero-order chi connectivity index (χ0) is 12.8. The van der Waals surface area contributed by atoms with Crippen LogP contribution >= 0.6 is 11.8 Å². The first-order valence-electron chi connectivity index (χ1n) is 5.82. The summed E-state index contributed by atoms with van der Waals surface area (Å²) >= 11 is 1.69. The molecule has 0 atom stereocenters. The zero-order valence-electron chi connectivity index (χ0n) is 10.5. The Morgan fingerprint density at radius 3 is 2.72 bits per heavy atom. The normalized spacial score (nSPS) is 10.8. The van der Waals surface area contributed by atoms with Crippen LogP contribution in [0.4, 0.5) is 0 Å². The smallest absolute Gasteiger partial charge is 0.191 e. The van der Waals surface area contributed by atoms with Gasteiger partial charge in [0, 0.05) is 25.1 Å². The van der Waals surface area contributed by atoms with Gasteiger partial charge in [0.05, 0.1) is 13.2 Å². The minimum atomic E-state index is 0.646. The van der Waals surface area contributed by atoms with Crippen LogP contribution in [0.3, 0.4) is 0 Å². The lowest BCUT2D eigenvalue weighted by atomic mass is 10.2. The monoisotopic (exact) mass is 264 g/mol. The van der Waals surface area contributed by atoms with Gasteiger partial charge in [-0.05, 0) is 17.9 Å². The molecule has 0 unspecified atom stereocenters. The molecule has 0 N–H and O–H groups in total. The first-order chi connectivity index (χ1) is 8.86. The van der Waals surface area contributed by atoms with E-state index in [1.807, 2.05) is 12.1 Å². The second-order valence-electron chi connectivity index (χ2n) is 3.62. The van der Waals surface area contributed by atoms with Crippen molar-refractivity contribution < 1.29 is 4.74 Å². The summed E-state index contributed by atoms with van der Waals surface area (Å²) in [5.41, 5.74) is 1.02. The standard InChI is InChI=1S/C12H16N4OS/c1-3-18-12-15-14-11(16(12)8-9-17-2)10-4-6-13-7-5-10/h4-7H,3,8-9H2,1-2H3. The van der Waals surface area contributed by atoms with Gasteiger partial charge in [0.2, 0.25) is 0 Å². The molecule has 0 aliphatic heterocycles. The highest BCUT2D eigenvalue weighted by molar-refractivity contribution is 7.99. The lowest BCUT2D eigenvalue weighted by Gasteiger charge is -2.08. The van der Waals surface area contributed by atoms with Gasteiger partial charge in [-0.3, -0.25) is 9.55 Å². The topological polar surface area (TPSA) is 52.8 Å². The largest absolute Gasteiger partial charge is 0.383 e. The molecule has 0 aliphatic carbocycles. The highest BCUT2D eigenvalue weighted by atomic mass is 32.2. The van der Waals surface area contributed by atoms with Crippen LogP contribution in [0, 0.1) is 0 Å². The minimum Gasteiger partial charge on any atom is -0.383 e. The summed E-state index contributed by atoms with van der Waals surface area (Å²) in [6.45, 7) is 3.50. The average molecular weight is 264 g/mol. The summed E-state index contributed by atoms with van der Waals surface area (Å²) in [4.78, 5) is 4.02. The maximum Gasteiger partial charge on any atom is 0.191 e. The van der Waals surface area contributed by atoms with Gasteiger partial charge in [-0.15, -0.1) is 10.2 Å². The number of hydrogen-bond acceptors (Lipinski definition) is 5.